The standard InChI is InChI=1S/C26H25N3O2/c1-3-7-25-28-24-15-14-22(27-18(2)30)16-23(24)26(31)29(25)17-19-10-12-21(13-11-19)20-8-5-4-6-9-20/h4-6,8-16H,3,7,17H2,1-2H3,(H,27,30). The van der Waals surface area contributed by atoms with Gasteiger partial charge in [-0.2, -0.15) is 0 Å². The number of anilines is 1. The SMILES string of the molecule is CCCc1nc2ccc(NC(C)=O)cc2c(=O)n1Cc1ccc(-c2ccccc2)cc1. The second kappa shape index (κ2) is 8.96. The molecular formula is C26H25N3O2. The molecule has 0 radical (unpaired) electrons. The average molecular weight is 412 g/mol. The number of aromatic nitrogens is 2. The number of hydrogen-bond donors (Lipinski definition) is 1. The van der Waals surface area contributed by atoms with E-state index in [0.29, 0.717) is 23.1 Å². The van der Waals surface area contributed by atoms with Crippen LogP contribution in [0.15, 0.2) is 77.6 Å². The third-order valence-electron chi connectivity index (χ3n) is 5.23. The fourth-order valence-corrected chi connectivity index (χ4v) is 3.74. The largest absolute Gasteiger partial charge is 0.326 e. The molecule has 0 saturated heterocycles. The number of hydrogen-bond acceptors (Lipinski definition) is 3. The van der Waals surface area contributed by atoms with E-state index >= 15 is 0 Å². The lowest BCUT2D eigenvalue weighted by atomic mass is 10.0. The Kier molecular flexibility index (Phi) is 5.94. The lowest BCUT2D eigenvalue weighted by molar-refractivity contribution is -0.114. The summed E-state index contributed by atoms with van der Waals surface area (Å²) in [5.41, 5.74) is 4.50. The highest BCUT2D eigenvalue weighted by Gasteiger charge is 2.12. The van der Waals surface area contributed by atoms with Crippen molar-refractivity contribution in [1.82, 2.24) is 9.55 Å². The molecule has 4 aromatic rings. The number of amides is 1. The van der Waals surface area contributed by atoms with Crippen molar-refractivity contribution in [2.45, 2.75) is 33.2 Å². The van der Waals surface area contributed by atoms with Crippen molar-refractivity contribution in [1.29, 1.82) is 0 Å². The van der Waals surface area contributed by atoms with Crippen molar-refractivity contribution in [3.05, 3.63) is 94.5 Å². The van der Waals surface area contributed by atoms with Crippen molar-refractivity contribution < 1.29 is 4.79 Å². The number of rotatable bonds is 6. The van der Waals surface area contributed by atoms with Gasteiger partial charge in [0.2, 0.25) is 5.91 Å². The van der Waals surface area contributed by atoms with Gasteiger partial charge in [0.15, 0.2) is 0 Å². The van der Waals surface area contributed by atoms with E-state index in [0.717, 1.165) is 35.4 Å². The third-order valence-corrected chi connectivity index (χ3v) is 5.23. The van der Waals surface area contributed by atoms with Gasteiger partial charge in [0.05, 0.1) is 17.4 Å². The molecule has 3 aromatic carbocycles. The summed E-state index contributed by atoms with van der Waals surface area (Å²) in [6.07, 6.45) is 1.62. The molecule has 0 spiro atoms. The number of nitrogens with zero attached hydrogens (tertiary/aromatic N) is 2. The minimum absolute atomic E-state index is 0.0900. The number of carbonyl (C=O) groups is 1. The van der Waals surface area contributed by atoms with Gasteiger partial charge in [-0.15, -0.1) is 0 Å². The van der Waals surface area contributed by atoms with Crippen LogP contribution in [0.1, 0.15) is 31.7 Å². The number of benzene rings is 3. The first-order valence-electron chi connectivity index (χ1n) is 10.5. The van der Waals surface area contributed by atoms with Gasteiger partial charge >= 0.3 is 0 Å². The minimum atomic E-state index is -0.172. The molecule has 5 heteroatoms. The second-order valence-electron chi connectivity index (χ2n) is 7.65. The Balaban J connectivity index is 1.72. The van der Waals surface area contributed by atoms with Crippen LogP contribution in [0.2, 0.25) is 0 Å². The molecule has 1 amide bonds. The van der Waals surface area contributed by atoms with Crippen molar-refractivity contribution in [2.24, 2.45) is 0 Å². The van der Waals surface area contributed by atoms with Crippen molar-refractivity contribution in [2.75, 3.05) is 5.32 Å². The van der Waals surface area contributed by atoms with Crippen LogP contribution in [0.3, 0.4) is 0 Å². The number of fused-ring (bicyclic) bond motifs is 1. The first-order valence-corrected chi connectivity index (χ1v) is 10.5. The van der Waals surface area contributed by atoms with E-state index < -0.39 is 0 Å². The van der Waals surface area contributed by atoms with Crippen LogP contribution in [-0.2, 0) is 17.8 Å². The molecule has 31 heavy (non-hydrogen) atoms. The lowest BCUT2D eigenvalue weighted by Gasteiger charge is -2.14. The molecule has 4 rings (SSSR count). The van der Waals surface area contributed by atoms with Gasteiger partial charge < -0.3 is 5.32 Å². The summed E-state index contributed by atoms with van der Waals surface area (Å²) in [4.78, 5) is 29.5. The Morgan fingerprint density at radius 2 is 1.68 bits per heavy atom. The fourth-order valence-electron chi connectivity index (χ4n) is 3.74. The highest BCUT2D eigenvalue weighted by atomic mass is 16.1. The molecule has 0 unspecified atom stereocenters. The van der Waals surface area contributed by atoms with E-state index in [1.165, 1.54) is 6.92 Å². The van der Waals surface area contributed by atoms with Gasteiger partial charge in [-0.3, -0.25) is 14.2 Å². The van der Waals surface area contributed by atoms with Crippen molar-refractivity contribution >= 4 is 22.5 Å². The second-order valence-corrected chi connectivity index (χ2v) is 7.65. The maximum absolute atomic E-state index is 13.4. The highest BCUT2D eigenvalue weighted by Crippen LogP contribution is 2.20. The van der Waals surface area contributed by atoms with E-state index in [1.54, 1.807) is 22.8 Å². The van der Waals surface area contributed by atoms with E-state index in [-0.39, 0.29) is 11.5 Å². The van der Waals surface area contributed by atoms with Crippen LogP contribution in [0, 0.1) is 0 Å². The van der Waals surface area contributed by atoms with E-state index in [9.17, 15) is 9.59 Å². The van der Waals surface area contributed by atoms with Gasteiger partial charge in [0.25, 0.3) is 5.56 Å². The quantitative estimate of drug-likeness (QED) is 0.484. The third kappa shape index (κ3) is 4.56. The Morgan fingerprint density at radius 1 is 0.968 bits per heavy atom. The zero-order valence-electron chi connectivity index (χ0n) is 17.8. The molecule has 0 aliphatic rings. The minimum Gasteiger partial charge on any atom is -0.326 e. The zero-order valence-corrected chi connectivity index (χ0v) is 17.8. The summed E-state index contributed by atoms with van der Waals surface area (Å²) in [5, 5.41) is 3.25. The molecule has 1 N–H and O–H groups in total. The Morgan fingerprint density at radius 3 is 2.35 bits per heavy atom. The lowest BCUT2D eigenvalue weighted by Crippen LogP contribution is -2.26. The summed E-state index contributed by atoms with van der Waals surface area (Å²) >= 11 is 0. The average Bonchev–Trinajstić information content (AvgIpc) is 2.78. The Bertz CT molecular complexity index is 1280. The van der Waals surface area contributed by atoms with Crippen LogP contribution in [0.4, 0.5) is 5.69 Å². The van der Waals surface area contributed by atoms with Crippen LogP contribution < -0.4 is 10.9 Å². The predicted molar refractivity (Wildman–Crippen MR) is 125 cm³/mol. The van der Waals surface area contributed by atoms with Crippen LogP contribution in [-0.4, -0.2) is 15.5 Å². The van der Waals surface area contributed by atoms with Gasteiger partial charge in [-0.05, 0) is 41.3 Å². The maximum Gasteiger partial charge on any atom is 0.261 e. The summed E-state index contributed by atoms with van der Waals surface area (Å²) in [5.74, 6) is 0.605. The summed E-state index contributed by atoms with van der Waals surface area (Å²) < 4.78 is 1.75. The summed E-state index contributed by atoms with van der Waals surface area (Å²) in [6.45, 7) is 3.98. The predicted octanol–water partition coefficient (Wildman–Crippen LogP) is 5.02. The molecular weight excluding hydrogens is 386 g/mol. The number of aryl methyl sites for hydroxylation is 1. The first-order chi connectivity index (χ1) is 15.0. The Hall–Kier alpha value is -3.73. The number of nitrogens with one attached hydrogen (secondary N) is 1. The smallest absolute Gasteiger partial charge is 0.261 e. The molecule has 0 bridgehead atoms. The molecule has 0 fully saturated rings. The monoisotopic (exact) mass is 411 g/mol. The van der Waals surface area contributed by atoms with E-state index in [4.69, 9.17) is 4.98 Å². The Labute approximate surface area is 181 Å². The van der Waals surface area contributed by atoms with E-state index in [1.807, 2.05) is 18.2 Å². The zero-order chi connectivity index (χ0) is 21.8. The van der Waals surface area contributed by atoms with Crippen molar-refractivity contribution in [3.63, 3.8) is 0 Å². The molecule has 1 heterocycles. The summed E-state index contributed by atoms with van der Waals surface area (Å²) in [7, 11) is 0. The molecule has 0 atom stereocenters. The van der Waals surface area contributed by atoms with Crippen LogP contribution >= 0.6 is 0 Å². The first kappa shape index (κ1) is 20.5. The molecule has 5 nitrogen and oxygen atoms in total. The van der Waals surface area contributed by atoms with Gasteiger partial charge in [0.1, 0.15) is 5.82 Å². The van der Waals surface area contributed by atoms with Crippen LogP contribution in [0.25, 0.3) is 22.0 Å². The number of carbonyl (C=O) groups excluding carboxylic acids is 1. The van der Waals surface area contributed by atoms with Crippen molar-refractivity contribution in [3.8, 4) is 11.1 Å². The molecule has 0 aliphatic carbocycles. The molecule has 156 valence electrons. The maximum atomic E-state index is 13.4. The van der Waals surface area contributed by atoms with E-state index in [2.05, 4.69) is 48.6 Å². The molecule has 0 aliphatic heterocycles. The van der Waals surface area contributed by atoms with Crippen LogP contribution in [0.5, 0.6) is 0 Å². The fraction of sp³-hybridized carbons (Fsp3) is 0.192. The highest BCUT2D eigenvalue weighted by molar-refractivity contribution is 5.92. The molecule has 0 saturated carbocycles. The summed E-state index contributed by atoms with van der Waals surface area (Å²) in [6, 6.07) is 23.8. The van der Waals surface area contributed by atoms with Gasteiger partial charge in [0, 0.05) is 19.0 Å². The van der Waals surface area contributed by atoms with Gasteiger partial charge in [-0.25, -0.2) is 4.98 Å². The topological polar surface area (TPSA) is 64.0 Å². The normalized spacial score (nSPS) is 10.9. The molecule has 1 aromatic heterocycles. The van der Waals surface area contributed by atoms with Gasteiger partial charge in [-0.1, -0.05) is 61.5 Å².